The van der Waals surface area contributed by atoms with E-state index in [1.165, 1.54) is 7.11 Å². The number of allylic oxidation sites excluding steroid dienone is 1. The van der Waals surface area contributed by atoms with E-state index in [4.69, 9.17) is 14.2 Å². The van der Waals surface area contributed by atoms with Crippen LogP contribution >= 0.6 is 11.3 Å². The third-order valence-electron chi connectivity index (χ3n) is 4.74. The highest BCUT2D eigenvalue weighted by atomic mass is 32.2. The maximum Gasteiger partial charge on any atom is 0.341 e. The average molecular weight is 480 g/mol. The first kappa shape index (κ1) is 23.8. The van der Waals surface area contributed by atoms with Crippen molar-refractivity contribution in [2.24, 2.45) is 0 Å². The lowest BCUT2D eigenvalue weighted by molar-refractivity contribution is -0.118. The summed E-state index contributed by atoms with van der Waals surface area (Å²) < 4.78 is 40.1. The molecule has 0 radical (unpaired) electrons. The highest BCUT2D eigenvalue weighted by Crippen LogP contribution is 2.38. The molecule has 1 N–H and O–H groups in total. The number of fused-ring (bicyclic) bond motifs is 1. The van der Waals surface area contributed by atoms with E-state index < -0.39 is 21.7 Å². The normalized spacial score (nSPS) is 14.6. The number of sulfone groups is 1. The van der Waals surface area contributed by atoms with Crippen molar-refractivity contribution in [1.82, 2.24) is 0 Å². The third kappa shape index (κ3) is 5.49. The van der Waals surface area contributed by atoms with Crippen LogP contribution in [0.3, 0.4) is 0 Å². The number of carbonyl (C=O) groups excluding carboxylic acids is 2. The molecule has 1 aliphatic rings. The molecule has 32 heavy (non-hydrogen) atoms. The van der Waals surface area contributed by atoms with Gasteiger partial charge < -0.3 is 19.5 Å². The van der Waals surface area contributed by atoms with Crippen LogP contribution in [-0.4, -0.2) is 46.4 Å². The van der Waals surface area contributed by atoms with Crippen LogP contribution in [0.1, 0.15) is 40.2 Å². The Labute approximate surface area is 191 Å². The molecule has 3 rings (SSSR count). The summed E-state index contributed by atoms with van der Waals surface area (Å²) >= 11 is 1.08. The lowest BCUT2D eigenvalue weighted by atomic mass is 10.1. The predicted molar refractivity (Wildman–Crippen MR) is 123 cm³/mol. The van der Waals surface area contributed by atoms with Crippen LogP contribution in [0.25, 0.3) is 6.08 Å². The molecule has 0 unspecified atom stereocenters. The van der Waals surface area contributed by atoms with E-state index in [2.05, 4.69) is 5.32 Å². The molecular weight excluding hydrogens is 454 g/mol. The minimum absolute atomic E-state index is 0.0390. The molecule has 1 amide bonds. The second-order valence-corrected chi connectivity index (χ2v) is 10.3. The third-order valence-corrected chi connectivity index (χ3v) is 7.63. The van der Waals surface area contributed by atoms with Gasteiger partial charge in [0.25, 0.3) is 5.91 Å². The number of nitrogens with one attached hydrogen (secondary N) is 1. The summed E-state index contributed by atoms with van der Waals surface area (Å²) in [6.07, 6.45) is 4.02. The Bertz CT molecular complexity index is 1150. The lowest BCUT2D eigenvalue weighted by Gasteiger charge is -2.13. The van der Waals surface area contributed by atoms with Crippen LogP contribution < -0.4 is 14.8 Å². The van der Waals surface area contributed by atoms with E-state index >= 15 is 0 Å². The summed E-state index contributed by atoms with van der Waals surface area (Å²) in [5, 5.41) is 2.95. The smallest absolute Gasteiger partial charge is 0.341 e. The number of thiophene rings is 1. The van der Waals surface area contributed by atoms with Gasteiger partial charge >= 0.3 is 5.97 Å². The molecule has 0 saturated carbocycles. The fourth-order valence-electron chi connectivity index (χ4n) is 3.34. The maximum absolute atomic E-state index is 12.6. The molecule has 0 fully saturated rings. The zero-order valence-corrected chi connectivity index (χ0v) is 19.7. The highest BCUT2D eigenvalue weighted by molar-refractivity contribution is 7.90. The summed E-state index contributed by atoms with van der Waals surface area (Å²) in [4.78, 5) is 25.6. The molecule has 8 nitrogen and oxygen atoms in total. The molecule has 172 valence electrons. The molecule has 0 spiro atoms. The fraction of sp³-hybridized carbons (Fsp3) is 0.364. The number of hydrogen-bond donors (Lipinski definition) is 1. The first-order valence-electron chi connectivity index (χ1n) is 10.0. The molecule has 1 aromatic heterocycles. The molecule has 10 heteroatoms. The van der Waals surface area contributed by atoms with Crippen molar-refractivity contribution in [3.05, 3.63) is 45.8 Å². The van der Waals surface area contributed by atoms with Gasteiger partial charge in [-0.25, -0.2) is 13.2 Å². The minimum Gasteiger partial charge on any atom is -0.493 e. The lowest BCUT2D eigenvalue weighted by Crippen LogP contribution is -2.22. The van der Waals surface area contributed by atoms with Crippen molar-refractivity contribution in [3.8, 4) is 11.5 Å². The average Bonchev–Trinajstić information content (AvgIpc) is 3.08. The van der Waals surface area contributed by atoms with Gasteiger partial charge in [0.2, 0.25) is 0 Å². The Morgan fingerprint density at radius 3 is 2.72 bits per heavy atom. The monoisotopic (exact) mass is 479 g/mol. The van der Waals surface area contributed by atoms with Gasteiger partial charge in [-0.2, -0.15) is 0 Å². The molecule has 0 bridgehead atoms. The van der Waals surface area contributed by atoms with Gasteiger partial charge in [-0.3, -0.25) is 4.79 Å². The quantitative estimate of drug-likeness (QED) is 0.578. The summed E-state index contributed by atoms with van der Waals surface area (Å²) in [7, 11) is -1.71. The van der Waals surface area contributed by atoms with E-state index in [-0.39, 0.29) is 41.7 Å². The number of benzene rings is 1. The molecule has 2 heterocycles. The molecule has 0 atom stereocenters. The molecular formula is C22H25NO7S2. The first-order chi connectivity index (χ1) is 15.3. The first-order valence-corrected chi connectivity index (χ1v) is 12.7. The van der Waals surface area contributed by atoms with Crippen LogP contribution in [0.5, 0.6) is 11.5 Å². The maximum atomic E-state index is 12.6. The zero-order chi connectivity index (χ0) is 23.3. The molecule has 2 aromatic rings. The Kier molecular flexibility index (Phi) is 7.57. The molecule has 1 aromatic carbocycles. The van der Waals surface area contributed by atoms with Gasteiger partial charge in [0, 0.05) is 4.88 Å². The van der Waals surface area contributed by atoms with Crippen molar-refractivity contribution in [3.63, 3.8) is 0 Å². The Balaban J connectivity index is 1.78. The van der Waals surface area contributed by atoms with E-state index in [9.17, 15) is 18.0 Å². The van der Waals surface area contributed by atoms with Crippen molar-refractivity contribution in [2.45, 2.75) is 26.0 Å². The van der Waals surface area contributed by atoms with Crippen molar-refractivity contribution >= 4 is 44.1 Å². The van der Waals surface area contributed by atoms with Crippen LogP contribution in [0.15, 0.2) is 24.3 Å². The summed E-state index contributed by atoms with van der Waals surface area (Å²) in [6, 6.07) is 5.34. The van der Waals surface area contributed by atoms with Gasteiger partial charge in [0.15, 0.2) is 27.9 Å². The second-order valence-electron chi connectivity index (χ2n) is 7.02. The van der Waals surface area contributed by atoms with Crippen LogP contribution in [0, 0.1) is 0 Å². The second kappa shape index (κ2) is 10.2. The number of amides is 1. The molecule has 0 aliphatic carbocycles. The van der Waals surface area contributed by atoms with E-state index in [1.807, 2.05) is 25.1 Å². The van der Waals surface area contributed by atoms with Gasteiger partial charge in [-0.15, -0.1) is 11.3 Å². The van der Waals surface area contributed by atoms with E-state index in [1.54, 1.807) is 19.1 Å². The Morgan fingerprint density at radius 2 is 2.03 bits per heavy atom. The number of hydrogen-bond acceptors (Lipinski definition) is 8. The summed E-state index contributed by atoms with van der Waals surface area (Å²) in [5.74, 6) is -0.377. The predicted octanol–water partition coefficient (Wildman–Crippen LogP) is 3.45. The van der Waals surface area contributed by atoms with E-state index in [0.29, 0.717) is 21.9 Å². The van der Waals surface area contributed by atoms with Crippen LogP contribution in [0.2, 0.25) is 0 Å². The number of esters is 1. The van der Waals surface area contributed by atoms with E-state index in [0.717, 1.165) is 16.9 Å². The van der Waals surface area contributed by atoms with Crippen molar-refractivity contribution < 1.29 is 32.2 Å². The van der Waals surface area contributed by atoms with Crippen molar-refractivity contribution in [2.75, 3.05) is 31.4 Å². The highest BCUT2D eigenvalue weighted by Gasteiger charge is 2.32. The molecule has 1 aliphatic heterocycles. The standard InChI is InChI=1S/C22H25NO7S2/c1-4-6-14-7-8-16(17(11-14)28-3)30-12-19(24)23-21-20(22(25)29-5-2)15-9-10-32(26,27)13-18(15)31-21/h4,6-8,11H,5,9-10,12-13H2,1-3H3,(H,23,24)/b6-4+. The van der Waals surface area contributed by atoms with Crippen LogP contribution in [0.4, 0.5) is 5.00 Å². The number of anilines is 1. The number of rotatable bonds is 8. The SMILES string of the molecule is C/C=C/c1ccc(OCC(=O)Nc2sc3c(c2C(=O)OCC)CCS(=O)(=O)C3)c(OC)c1. The fourth-order valence-corrected chi connectivity index (χ4v) is 6.39. The van der Waals surface area contributed by atoms with Gasteiger partial charge in [0.1, 0.15) is 5.00 Å². The topological polar surface area (TPSA) is 108 Å². The zero-order valence-electron chi connectivity index (χ0n) is 18.1. The number of ether oxygens (including phenoxy) is 3. The van der Waals surface area contributed by atoms with Gasteiger partial charge in [-0.1, -0.05) is 18.2 Å². The number of methoxy groups -OCH3 is 1. The van der Waals surface area contributed by atoms with Gasteiger partial charge in [0.05, 0.1) is 30.8 Å². The van der Waals surface area contributed by atoms with Crippen LogP contribution in [-0.2, 0) is 31.5 Å². The van der Waals surface area contributed by atoms with Gasteiger partial charge in [-0.05, 0) is 43.5 Å². The summed E-state index contributed by atoms with van der Waals surface area (Å²) in [6.45, 7) is 3.44. The number of carbonyl (C=O) groups is 2. The Hall–Kier alpha value is -2.85. The summed E-state index contributed by atoms with van der Waals surface area (Å²) in [5.41, 5.74) is 1.78. The molecule has 0 saturated heterocycles. The Morgan fingerprint density at radius 1 is 1.25 bits per heavy atom. The van der Waals surface area contributed by atoms with Crippen molar-refractivity contribution in [1.29, 1.82) is 0 Å². The minimum atomic E-state index is -3.23. The largest absolute Gasteiger partial charge is 0.493 e.